The smallest absolute Gasteiger partial charge is 0.338 e. The van der Waals surface area contributed by atoms with Crippen molar-refractivity contribution in [1.29, 1.82) is 0 Å². The van der Waals surface area contributed by atoms with E-state index in [-0.39, 0.29) is 10.0 Å². The zero-order chi connectivity index (χ0) is 17.2. The Morgan fingerprint density at radius 2 is 1.36 bits per heavy atom. The van der Waals surface area contributed by atoms with E-state index in [1.807, 2.05) is 0 Å². The molecule has 122 valence electrons. The summed E-state index contributed by atoms with van der Waals surface area (Å²) in [5.74, 6) is -2.52. The maximum absolute atomic E-state index is 12.3. The van der Waals surface area contributed by atoms with Crippen molar-refractivity contribution in [2.24, 2.45) is 0 Å². The Balaban J connectivity index is 3.53. The molecule has 0 heterocycles. The van der Waals surface area contributed by atoms with Gasteiger partial charge in [-0.3, -0.25) is 4.79 Å². The molecule has 1 aromatic carbocycles. The highest BCUT2D eigenvalue weighted by Crippen LogP contribution is 2.41. The molecule has 6 nitrogen and oxygen atoms in total. The van der Waals surface area contributed by atoms with Crippen LogP contribution in [0.25, 0.3) is 0 Å². The van der Waals surface area contributed by atoms with E-state index >= 15 is 0 Å². The topological polar surface area (TPSA) is 107 Å². The van der Waals surface area contributed by atoms with Crippen molar-refractivity contribution in [2.45, 2.75) is 12.5 Å². The van der Waals surface area contributed by atoms with E-state index in [1.54, 1.807) is 0 Å². The summed E-state index contributed by atoms with van der Waals surface area (Å²) in [6, 6.07) is 0. The lowest BCUT2D eigenvalue weighted by Gasteiger charge is -2.27. The van der Waals surface area contributed by atoms with Crippen molar-refractivity contribution in [1.82, 2.24) is 5.32 Å². The molecule has 1 amide bonds. The normalized spacial score (nSPS) is 11.4. The Hall–Kier alpha value is -0.760. The van der Waals surface area contributed by atoms with Gasteiger partial charge in [-0.05, 0) is 6.92 Å². The Morgan fingerprint density at radius 1 is 0.955 bits per heavy atom. The lowest BCUT2D eigenvalue weighted by Crippen LogP contribution is -2.52. The molecule has 0 spiro atoms. The molecule has 0 aliphatic heterocycles. The maximum atomic E-state index is 12.3. The summed E-state index contributed by atoms with van der Waals surface area (Å²) in [7, 11) is 0. The molecule has 10 heteroatoms. The molecule has 22 heavy (non-hydrogen) atoms. The third-order valence-corrected chi connectivity index (χ3v) is 4.62. The van der Waals surface area contributed by atoms with E-state index in [9.17, 15) is 24.9 Å². The van der Waals surface area contributed by atoms with Crippen molar-refractivity contribution in [3.05, 3.63) is 31.2 Å². The highest BCUT2D eigenvalue weighted by molar-refractivity contribution is 6.54. The van der Waals surface area contributed by atoms with Gasteiger partial charge in [-0.2, -0.15) is 0 Å². The van der Waals surface area contributed by atoms with Gasteiger partial charge >= 0.3 is 5.97 Å². The predicted octanol–water partition coefficient (Wildman–Crippen LogP) is 2.47. The summed E-state index contributed by atoms with van der Waals surface area (Å²) in [5, 5.41) is 28.4. The molecule has 0 aromatic heterocycles. The number of aromatic carboxylic acids is 1. The largest absolute Gasteiger partial charge is 0.478 e. The number of carboxylic acid groups (broad SMARTS) is 1. The first kappa shape index (κ1) is 19.3. The summed E-state index contributed by atoms with van der Waals surface area (Å²) in [6.07, 6.45) is 0. The van der Waals surface area contributed by atoms with Crippen LogP contribution < -0.4 is 5.32 Å². The molecule has 4 N–H and O–H groups in total. The summed E-state index contributed by atoms with van der Waals surface area (Å²) in [5.41, 5.74) is -2.53. The van der Waals surface area contributed by atoms with E-state index in [2.05, 4.69) is 5.32 Å². The fourth-order valence-corrected chi connectivity index (χ4v) is 2.53. The number of aliphatic hydroxyl groups excluding tert-OH is 2. The molecule has 0 saturated heterocycles. The third-order valence-electron chi connectivity index (χ3n) is 2.82. The third kappa shape index (κ3) is 3.59. The number of nitrogens with one attached hydrogen (secondary N) is 1. The second kappa shape index (κ2) is 7.21. The van der Waals surface area contributed by atoms with E-state index in [0.29, 0.717) is 0 Å². The van der Waals surface area contributed by atoms with Crippen molar-refractivity contribution in [2.75, 3.05) is 13.2 Å². The predicted molar refractivity (Wildman–Crippen MR) is 83.5 cm³/mol. The lowest BCUT2D eigenvalue weighted by atomic mass is 10.0. The van der Waals surface area contributed by atoms with Gasteiger partial charge in [0.2, 0.25) is 0 Å². The molecule has 1 rings (SSSR count). The van der Waals surface area contributed by atoms with E-state index < -0.39 is 51.8 Å². The Labute approximate surface area is 145 Å². The Morgan fingerprint density at radius 3 is 1.73 bits per heavy atom. The number of aliphatic hydroxyl groups is 2. The van der Waals surface area contributed by atoms with Gasteiger partial charge in [-0.1, -0.05) is 46.4 Å². The maximum Gasteiger partial charge on any atom is 0.338 e. The average molecular weight is 391 g/mol. The van der Waals surface area contributed by atoms with Crippen LogP contribution in [0.15, 0.2) is 0 Å². The van der Waals surface area contributed by atoms with Crippen LogP contribution >= 0.6 is 46.4 Å². The Bertz CT molecular complexity index is 631. The van der Waals surface area contributed by atoms with Crippen LogP contribution in [0.5, 0.6) is 0 Å². The number of benzene rings is 1. The second-order valence-electron chi connectivity index (χ2n) is 4.64. The summed E-state index contributed by atoms with van der Waals surface area (Å²) in [4.78, 5) is 23.6. The quantitative estimate of drug-likeness (QED) is 0.456. The molecular formula is C12H11Cl4NO5. The van der Waals surface area contributed by atoms with E-state index in [0.717, 1.165) is 0 Å². The fourth-order valence-electron chi connectivity index (χ4n) is 1.51. The molecule has 0 fully saturated rings. The van der Waals surface area contributed by atoms with Gasteiger partial charge in [-0.15, -0.1) is 0 Å². The minimum absolute atomic E-state index is 0.279. The number of carbonyl (C=O) groups is 2. The highest BCUT2D eigenvalue weighted by Gasteiger charge is 2.32. The minimum Gasteiger partial charge on any atom is -0.478 e. The van der Waals surface area contributed by atoms with Gasteiger partial charge in [-0.25, -0.2) is 4.79 Å². The first-order chi connectivity index (χ1) is 10.1. The summed E-state index contributed by atoms with van der Waals surface area (Å²) < 4.78 is 0. The monoisotopic (exact) mass is 389 g/mol. The van der Waals surface area contributed by atoms with Crippen LogP contribution in [0.3, 0.4) is 0 Å². The molecular weight excluding hydrogens is 380 g/mol. The molecule has 0 bridgehead atoms. The number of amides is 1. The standard InChI is InChI=1S/C12H11Cl4NO5/c1-12(2-18,3-19)17-10(20)4-5(11(21)22)7(14)9(16)8(15)6(4)13/h18-19H,2-3H2,1H3,(H,17,20)(H,21,22). The number of hydrogen-bond donors (Lipinski definition) is 4. The van der Waals surface area contributed by atoms with Crippen LogP contribution in [-0.4, -0.2) is 45.9 Å². The number of hydrogen-bond acceptors (Lipinski definition) is 4. The molecule has 0 unspecified atom stereocenters. The number of halogens is 4. The molecule has 0 aliphatic rings. The number of carbonyl (C=O) groups excluding carboxylic acids is 1. The minimum atomic E-state index is -1.54. The highest BCUT2D eigenvalue weighted by atomic mass is 35.5. The van der Waals surface area contributed by atoms with Crippen LogP contribution in [0.2, 0.25) is 20.1 Å². The van der Waals surface area contributed by atoms with Crippen LogP contribution in [0, 0.1) is 0 Å². The van der Waals surface area contributed by atoms with E-state index in [4.69, 9.17) is 46.4 Å². The molecule has 0 saturated carbocycles. The van der Waals surface area contributed by atoms with E-state index in [1.165, 1.54) is 6.92 Å². The average Bonchev–Trinajstić information content (AvgIpc) is 2.47. The van der Waals surface area contributed by atoms with Gasteiger partial charge in [0.1, 0.15) is 0 Å². The van der Waals surface area contributed by atoms with Gasteiger partial charge in [0.05, 0.1) is 50.0 Å². The first-order valence-corrected chi connectivity index (χ1v) is 7.24. The molecule has 0 aliphatic carbocycles. The van der Waals surface area contributed by atoms with Crippen LogP contribution in [-0.2, 0) is 0 Å². The van der Waals surface area contributed by atoms with Crippen molar-refractivity contribution >= 4 is 58.3 Å². The summed E-state index contributed by atoms with van der Waals surface area (Å²) >= 11 is 23.3. The number of rotatable bonds is 5. The molecule has 1 aromatic rings. The molecule has 0 atom stereocenters. The zero-order valence-corrected chi connectivity index (χ0v) is 14.1. The van der Waals surface area contributed by atoms with Gasteiger partial charge in [0.25, 0.3) is 5.91 Å². The van der Waals surface area contributed by atoms with Crippen molar-refractivity contribution in [3.8, 4) is 0 Å². The zero-order valence-electron chi connectivity index (χ0n) is 11.1. The lowest BCUT2D eigenvalue weighted by molar-refractivity contribution is 0.0673. The van der Waals surface area contributed by atoms with Gasteiger partial charge in [0, 0.05) is 0 Å². The first-order valence-electron chi connectivity index (χ1n) is 5.73. The summed E-state index contributed by atoms with van der Waals surface area (Å²) in [6.45, 7) is 0.160. The van der Waals surface area contributed by atoms with Gasteiger partial charge < -0.3 is 20.6 Å². The molecule has 0 radical (unpaired) electrons. The SMILES string of the molecule is CC(CO)(CO)NC(=O)c1c(Cl)c(Cl)c(Cl)c(Cl)c1C(=O)O. The van der Waals surface area contributed by atoms with Crippen LogP contribution in [0.1, 0.15) is 27.6 Å². The number of carboxylic acids is 1. The van der Waals surface area contributed by atoms with Crippen LogP contribution in [0.4, 0.5) is 0 Å². The van der Waals surface area contributed by atoms with Crippen molar-refractivity contribution in [3.63, 3.8) is 0 Å². The Kier molecular flexibility index (Phi) is 6.32. The van der Waals surface area contributed by atoms with Gasteiger partial charge in [0.15, 0.2) is 0 Å². The fraction of sp³-hybridized carbons (Fsp3) is 0.333. The van der Waals surface area contributed by atoms with Crippen molar-refractivity contribution < 1.29 is 24.9 Å². The second-order valence-corrected chi connectivity index (χ2v) is 6.15.